The summed E-state index contributed by atoms with van der Waals surface area (Å²) in [6.07, 6.45) is 0. The van der Waals surface area contributed by atoms with Crippen LogP contribution in [0.25, 0.3) is 10.8 Å². The van der Waals surface area contributed by atoms with Crippen molar-refractivity contribution in [1.29, 1.82) is 0 Å². The first-order chi connectivity index (χ1) is 15.5. The summed E-state index contributed by atoms with van der Waals surface area (Å²) in [5.41, 5.74) is 3.15. The Morgan fingerprint density at radius 1 is 0.562 bits per heavy atom. The Morgan fingerprint density at radius 2 is 0.938 bits per heavy atom. The minimum Gasteiger partial charge on any atom is -0.421 e. The highest BCUT2D eigenvalue weighted by molar-refractivity contribution is 9.10. The van der Waals surface area contributed by atoms with Crippen LogP contribution in [0.15, 0.2) is 81.7 Å². The van der Waals surface area contributed by atoms with Gasteiger partial charge in [0.15, 0.2) is 11.5 Å². The van der Waals surface area contributed by atoms with Gasteiger partial charge in [-0.15, -0.1) is 0 Å². The smallest absolute Gasteiger partial charge is 0.323 e. The Labute approximate surface area is 200 Å². The maximum Gasteiger partial charge on any atom is 0.323 e. The molecule has 0 N–H and O–H groups in total. The molecule has 156 valence electrons. The zero-order valence-electron chi connectivity index (χ0n) is 16.5. The van der Waals surface area contributed by atoms with Crippen molar-refractivity contribution in [1.82, 2.24) is 0 Å². The fraction of sp³-hybridized carbons (Fsp3) is 0.0769. The zero-order chi connectivity index (χ0) is 22.0. The monoisotopic (exact) mass is 548 g/mol. The van der Waals surface area contributed by atoms with Crippen LogP contribution in [0.1, 0.15) is 34.1 Å². The topological polar surface area (TPSA) is 52.6 Å². The van der Waals surface area contributed by atoms with Gasteiger partial charge >= 0.3 is 11.9 Å². The molecule has 0 saturated carbocycles. The Morgan fingerprint density at radius 3 is 1.31 bits per heavy atom. The summed E-state index contributed by atoms with van der Waals surface area (Å²) in [6, 6.07) is 23.1. The summed E-state index contributed by atoms with van der Waals surface area (Å²) < 4.78 is 13.4. The third-order valence-corrected chi connectivity index (χ3v) is 7.12. The number of esters is 2. The number of rotatable bonds is 2. The first-order valence-electron chi connectivity index (χ1n) is 10.1. The molecule has 2 aliphatic rings. The molecule has 2 unspecified atom stereocenters. The normalized spacial score (nSPS) is 18.9. The van der Waals surface area contributed by atoms with Gasteiger partial charge in [-0.05, 0) is 46.2 Å². The van der Waals surface area contributed by atoms with Gasteiger partial charge < -0.3 is 9.47 Å². The molecule has 4 aromatic carbocycles. The number of hydrogen-bond donors (Lipinski definition) is 0. The lowest BCUT2D eigenvalue weighted by Crippen LogP contribution is -2.12. The van der Waals surface area contributed by atoms with E-state index in [-0.39, 0.29) is 11.9 Å². The zero-order valence-corrected chi connectivity index (χ0v) is 19.6. The first kappa shape index (κ1) is 19.7. The lowest BCUT2D eigenvalue weighted by Gasteiger charge is -2.15. The highest BCUT2D eigenvalue weighted by atomic mass is 79.9. The molecule has 2 atom stereocenters. The van der Waals surface area contributed by atoms with Crippen molar-refractivity contribution >= 4 is 54.6 Å². The van der Waals surface area contributed by atoms with E-state index in [2.05, 4.69) is 31.9 Å². The van der Waals surface area contributed by atoms with Crippen molar-refractivity contribution in [2.75, 3.05) is 0 Å². The van der Waals surface area contributed by atoms with Gasteiger partial charge in [0.1, 0.15) is 11.8 Å². The minimum atomic E-state index is -0.585. The second-order valence-corrected chi connectivity index (χ2v) is 9.67. The molecule has 0 radical (unpaired) electrons. The van der Waals surface area contributed by atoms with Gasteiger partial charge in [-0.1, -0.05) is 80.4 Å². The van der Waals surface area contributed by atoms with Crippen LogP contribution in [0.2, 0.25) is 0 Å². The van der Waals surface area contributed by atoms with E-state index in [0.717, 1.165) is 42.0 Å². The van der Waals surface area contributed by atoms with E-state index in [1.54, 1.807) is 0 Å². The quantitative estimate of drug-likeness (QED) is 0.212. The van der Waals surface area contributed by atoms with Gasteiger partial charge in [0.25, 0.3) is 0 Å². The van der Waals surface area contributed by atoms with Gasteiger partial charge in [0, 0.05) is 20.1 Å². The Kier molecular flexibility index (Phi) is 4.49. The summed E-state index contributed by atoms with van der Waals surface area (Å²) in [7, 11) is 0. The molecule has 0 aromatic heterocycles. The van der Waals surface area contributed by atoms with E-state index in [9.17, 15) is 9.59 Å². The molecule has 6 heteroatoms. The largest absolute Gasteiger partial charge is 0.421 e. The van der Waals surface area contributed by atoms with E-state index < -0.39 is 11.8 Å². The number of hydrogen-bond acceptors (Lipinski definition) is 4. The van der Waals surface area contributed by atoms with Crippen LogP contribution >= 0.6 is 31.9 Å². The number of benzene rings is 4. The third-order valence-electron chi connectivity index (χ3n) is 6.06. The molecule has 0 saturated heterocycles. The molecule has 0 aliphatic carbocycles. The molecular formula is C26H14Br2O4. The molecular weight excluding hydrogens is 536 g/mol. The van der Waals surface area contributed by atoms with Crippen molar-refractivity contribution in [2.45, 2.75) is 11.8 Å². The minimum absolute atomic E-state index is 0.351. The van der Waals surface area contributed by atoms with Gasteiger partial charge in [-0.25, -0.2) is 0 Å². The van der Waals surface area contributed by atoms with E-state index in [0.29, 0.717) is 11.5 Å². The van der Waals surface area contributed by atoms with Crippen LogP contribution in [-0.4, -0.2) is 11.9 Å². The molecule has 0 bridgehead atoms. The summed E-state index contributed by atoms with van der Waals surface area (Å²) in [5, 5.41) is 1.78. The summed E-state index contributed by atoms with van der Waals surface area (Å²) in [5.74, 6) is -1.21. The van der Waals surface area contributed by atoms with Crippen molar-refractivity contribution in [3.63, 3.8) is 0 Å². The number of ether oxygens (including phenoxy) is 2. The Bertz CT molecular complexity index is 1320. The lowest BCUT2D eigenvalue weighted by atomic mass is 9.83. The second-order valence-electron chi connectivity index (χ2n) is 7.84. The predicted molar refractivity (Wildman–Crippen MR) is 127 cm³/mol. The fourth-order valence-electron chi connectivity index (χ4n) is 4.69. The van der Waals surface area contributed by atoms with E-state index >= 15 is 0 Å². The molecule has 2 aliphatic heterocycles. The molecule has 4 aromatic rings. The lowest BCUT2D eigenvalue weighted by molar-refractivity contribution is -0.135. The summed E-state index contributed by atoms with van der Waals surface area (Å²) >= 11 is 6.89. The maximum atomic E-state index is 13.1. The second kappa shape index (κ2) is 7.29. The summed E-state index contributed by atoms with van der Waals surface area (Å²) in [6.45, 7) is 0. The van der Waals surface area contributed by atoms with Crippen molar-refractivity contribution in [2.24, 2.45) is 0 Å². The van der Waals surface area contributed by atoms with Crippen LogP contribution in [0, 0.1) is 0 Å². The van der Waals surface area contributed by atoms with Gasteiger partial charge in [-0.2, -0.15) is 0 Å². The van der Waals surface area contributed by atoms with Crippen LogP contribution in [0.5, 0.6) is 11.5 Å². The SMILES string of the molecule is O=C1Oc2c3c(c4ccccc4c2C1c1ccc(Br)cc1)C(c1ccc(Br)cc1)C(=O)O3. The predicted octanol–water partition coefficient (Wildman–Crippen LogP) is 6.47. The van der Waals surface area contributed by atoms with Gasteiger partial charge in [-0.3, -0.25) is 9.59 Å². The summed E-state index contributed by atoms with van der Waals surface area (Å²) in [4.78, 5) is 26.1. The molecule has 0 spiro atoms. The van der Waals surface area contributed by atoms with Crippen LogP contribution in [-0.2, 0) is 9.59 Å². The molecule has 2 heterocycles. The van der Waals surface area contributed by atoms with Crippen LogP contribution < -0.4 is 9.47 Å². The molecule has 0 amide bonds. The molecule has 32 heavy (non-hydrogen) atoms. The number of fused-ring (bicyclic) bond motifs is 6. The number of carbonyl (C=O) groups excluding carboxylic acids is 2. The van der Waals surface area contributed by atoms with E-state index in [1.807, 2.05) is 72.8 Å². The average molecular weight is 550 g/mol. The van der Waals surface area contributed by atoms with Gasteiger partial charge in [0.2, 0.25) is 0 Å². The average Bonchev–Trinajstić information content (AvgIpc) is 3.32. The molecule has 6 rings (SSSR count). The highest BCUT2D eigenvalue weighted by Gasteiger charge is 2.46. The van der Waals surface area contributed by atoms with Gasteiger partial charge in [0.05, 0.1) is 0 Å². The van der Waals surface area contributed by atoms with Crippen molar-refractivity contribution < 1.29 is 19.1 Å². The maximum absolute atomic E-state index is 13.1. The first-order valence-corrected chi connectivity index (χ1v) is 11.6. The standard InChI is InChI=1S/C26H14Br2O4/c27-15-9-5-13(6-10-15)19-21-17-3-1-2-4-18(17)22-20(14-7-11-16(28)12-8-14)26(30)32-24(22)23(21)31-25(19)29/h1-12,19-20H. The van der Waals surface area contributed by atoms with E-state index in [4.69, 9.17) is 9.47 Å². The fourth-order valence-corrected chi connectivity index (χ4v) is 5.22. The van der Waals surface area contributed by atoms with E-state index in [1.165, 1.54) is 0 Å². The molecule has 4 nitrogen and oxygen atoms in total. The van der Waals surface area contributed by atoms with Crippen molar-refractivity contribution in [3.05, 3.63) is 104 Å². The van der Waals surface area contributed by atoms with Crippen molar-refractivity contribution in [3.8, 4) is 11.5 Å². The highest BCUT2D eigenvalue weighted by Crippen LogP contribution is 2.56. The Balaban J connectivity index is 1.63. The number of halogens is 2. The van der Waals surface area contributed by atoms with Crippen LogP contribution in [0.3, 0.4) is 0 Å². The third kappa shape index (κ3) is 2.86. The number of carbonyl (C=O) groups is 2. The molecule has 0 fully saturated rings. The Hall–Kier alpha value is -2.96. The van der Waals surface area contributed by atoms with Crippen LogP contribution in [0.4, 0.5) is 0 Å².